The van der Waals surface area contributed by atoms with Gasteiger partial charge < -0.3 is 15.4 Å². The number of rotatable bonds is 3. The van der Waals surface area contributed by atoms with Gasteiger partial charge in [0.05, 0.1) is 5.92 Å². The third kappa shape index (κ3) is 2.47. The molecule has 1 fully saturated rings. The molecule has 5 nitrogen and oxygen atoms in total. The molecule has 5 heteroatoms. The van der Waals surface area contributed by atoms with E-state index in [1.54, 1.807) is 0 Å². The lowest BCUT2D eigenvalue weighted by Gasteiger charge is -2.16. The Hall–Kier alpha value is -2.30. The molecule has 3 rings (SSSR count). The fourth-order valence-corrected chi connectivity index (χ4v) is 3.25. The highest BCUT2D eigenvalue weighted by atomic mass is 16.4. The summed E-state index contributed by atoms with van der Waals surface area (Å²) >= 11 is 0. The van der Waals surface area contributed by atoms with Crippen molar-refractivity contribution in [3.63, 3.8) is 0 Å². The second-order valence-corrected chi connectivity index (χ2v) is 6.11. The summed E-state index contributed by atoms with van der Waals surface area (Å²) in [6.45, 7) is 4.07. The summed E-state index contributed by atoms with van der Waals surface area (Å²) in [5.74, 6) is -1.53. The molecule has 1 amide bonds. The van der Waals surface area contributed by atoms with Gasteiger partial charge in [-0.1, -0.05) is 12.5 Å². The first-order valence-corrected chi connectivity index (χ1v) is 7.60. The minimum absolute atomic E-state index is 0.230. The highest BCUT2D eigenvalue weighted by molar-refractivity contribution is 5.99. The molecule has 116 valence electrons. The molecule has 0 spiro atoms. The lowest BCUT2D eigenvalue weighted by atomic mass is 10.0. The molecule has 0 bridgehead atoms. The first kappa shape index (κ1) is 14.6. The van der Waals surface area contributed by atoms with Crippen LogP contribution in [0.2, 0.25) is 0 Å². The van der Waals surface area contributed by atoms with Crippen molar-refractivity contribution in [2.45, 2.75) is 39.2 Å². The van der Waals surface area contributed by atoms with Crippen LogP contribution in [0.3, 0.4) is 0 Å². The van der Waals surface area contributed by atoms with Gasteiger partial charge in [-0.3, -0.25) is 9.59 Å². The lowest BCUT2D eigenvalue weighted by Crippen LogP contribution is -2.40. The number of aromatic amines is 1. The van der Waals surface area contributed by atoms with Crippen molar-refractivity contribution >= 4 is 22.8 Å². The third-order valence-corrected chi connectivity index (χ3v) is 4.74. The number of hydrogen-bond donors (Lipinski definition) is 3. The Morgan fingerprint density at radius 3 is 2.77 bits per heavy atom. The number of aryl methyl sites for hydroxylation is 2. The first-order chi connectivity index (χ1) is 10.5. The summed E-state index contributed by atoms with van der Waals surface area (Å²) < 4.78 is 0. The second kappa shape index (κ2) is 5.48. The van der Waals surface area contributed by atoms with Crippen LogP contribution in [0, 0.1) is 19.8 Å². The predicted octanol–water partition coefficient (Wildman–Crippen LogP) is 2.77. The molecule has 2 atom stereocenters. The number of amides is 1. The molecule has 0 unspecified atom stereocenters. The van der Waals surface area contributed by atoms with Crippen molar-refractivity contribution in [3.8, 4) is 0 Å². The Morgan fingerprint density at radius 2 is 2.05 bits per heavy atom. The maximum absolute atomic E-state index is 12.4. The van der Waals surface area contributed by atoms with E-state index in [-0.39, 0.29) is 11.9 Å². The van der Waals surface area contributed by atoms with Crippen LogP contribution in [0.1, 0.15) is 40.9 Å². The van der Waals surface area contributed by atoms with Crippen molar-refractivity contribution < 1.29 is 14.7 Å². The van der Waals surface area contributed by atoms with Gasteiger partial charge in [0.25, 0.3) is 5.91 Å². The van der Waals surface area contributed by atoms with Crippen LogP contribution in [-0.4, -0.2) is 28.0 Å². The predicted molar refractivity (Wildman–Crippen MR) is 84.0 cm³/mol. The van der Waals surface area contributed by atoms with Gasteiger partial charge >= 0.3 is 5.97 Å². The molecule has 1 aliphatic rings. The van der Waals surface area contributed by atoms with E-state index >= 15 is 0 Å². The van der Waals surface area contributed by atoms with E-state index < -0.39 is 11.9 Å². The number of benzene rings is 1. The highest BCUT2D eigenvalue weighted by Crippen LogP contribution is 2.27. The van der Waals surface area contributed by atoms with Crippen LogP contribution in [-0.2, 0) is 4.79 Å². The summed E-state index contributed by atoms with van der Waals surface area (Å²) in [5.41, 5.74) is 3.74. The Balaban J connectivity index is 1.83. The fraction of sp³-hybridized carbons (Fsp3) is 0.412. The molecule has 2 aromatic rings. The molecular weight excluding hydrogens is 280 g/mol. The molecule has 1 aromatic carbocycles. The van der Waals surface area contributed by atoms with E-state index in [0.29, 0.717) is 12.1 Å². The van der Waals surface area contributed by atoms with Crippen molar-refractivity contribution in [2.24, 2.45) is 5.92 Å². The average Bonchev–Trinajstić information content (AvgIpc) is 3.09. The van der Waals surface area contributed by atoms with Crippen molar-refractivity contribution in [1.29, 1.82) is 0 Å². The largest absolute Gasteiger partial charge is 0.481 e. The van der Waals surface area contributed by atoms with Crippen LogP contribution in [0.4, 0.5) is 0 Å². The molecule has 3 N–H and O–H groups in total. The van der Waals surface area contributed by atoms with Gasteiger partial charge in [0.2, 0.25) is 0 Å². The number of fused-ring (bicyclic) bond motifs is 1. The molecule has 0 aliphatic heterocycles. The number of carboxylic acid groups (broad SMARTS) is 1. The number of carbonyl (C=O) groups is 2. The number of aromatic nitrogens is 1. The van der Waals surface area contributed by atoms with Gasteiger partial charge in [0.15, 0.2) is 0 Å². The monoisotopic (exact) mass is 300 g/mol. The molecule has 22 heavy (non-hydrogen) atoms. The zero-order valence-corrected chi connectivity index (χ0v) is 12.8. The Bertz CT molecular complexity index is 748. The Labute approximate surface area is 128 Å². The van der Waals surface area contributed by atoms with Gasteiger partial charge in [0, 0.05) is 16.9 Å². The zero-order valence-electron chi connectivity index (χ0n) is 12.8. The minimum atomic E-state index is -0.828. The summed E-state index contributed by atoms with van der Waals surface area (Å²) in [6, 6.07) is 5.55. The van der Waals surface area contributed by atoms with E-state index in [4.69, 9.17) is 0 Å². The minimum Gasteiger partial charge on any atom is -0.481 e. The molecule has 0 saturated heterocycles. The topological polar surface area (TPSA) is 82.2 Å². The van der Waals surface area contributed by atoms with Crippen LogP contribution < -0.4 is 5.32 Å². The van der Waals surface area contributed by atoms with Gasteiger partial charge in [0.1, 0.15) is 5.69 Å². The molecule has 1 saturated carbocycles. The van der Waals surface area contributed by atoms with Gasteiger partial charge in [-0.15, -0.1) is 0 Å². The second-order valence-electron chi connectivity index (χ2n) is 6.11. The summed E-state index contributed by atoms with van der Waals surface area (Å²) in [6.07, 6.45) is 2.19. The molecular formula is C17H20N2O3. The summed E-state index contributed by atoms with van der Waals surface area (Å²) in [4.78, 5) is 26.7. The number of carboxylic acids is 1. The summed E-state index contributed by atoms with van der Waals surface area (Å²) in [5, 5.41) is 13.1. The zero-order chi connectivity index (χ0) is 15.9. The third-order valence-electron chi connectivity index (χ3n) is 4.74. The van der Waals surface area contributed by atoms with E-state index in [1.165, 1.54) is 5.56 Å². The van der Waals surface area contributed by atoms with Gasteiger partial charge in [-0.05, 0) is 49.9 Å². The SMILES string of the molecule is Cc1ccc2[nH]c(C(=O)N[C@@H]3CCC[C@@H]3C(=O)O)cc2c1C. The molecule has 1 aromatic heterocycles. The van der Waals surface area contributed by atoms with Crippen LogP contribution >= 0.6 is 0 Å². The van der Waals surface area contributed by atoms with Crippen molar-refractivity contribution in [2.75, 3.05) is 0 Å². The Kier molecular flexibility index (Phi) is 3.64. The summed E-state index contributed by atoms with van der Waals surface area (Å²) in [7, 11) is 0. The fourth-order valence-electron chi connectivity index (χ4n) is 3.25. The van der Waals surface area contributed by atoms with E-state index in [0.717, 1.165) is 29.3 Å². The quantitative estimate of drug-likeness (QED) is 0.815. The van der Waals surface area contributed by atoms with Crippen molar-refractivity contribution in [3.05, 3.63) is 35.0 Å². The number of hydrogen-bond acceptors (Lipinski definition) is 2. The van der Waals surface area contributed by atoms with E-state index in [2.05, 4.69) is 10.3 Å². The van der Waals surface area contributed by atoms with Gasteiger partial charge in [-0.25, -0.2) is 0 Å². The normalized spacial score (nSPS) is 21.2. The molecule has 1 heterocycles. The first-order valence-electron chi connectivity index (χ1n) is 7.60. The Morgan fingerprint density at radius 1 is 1.27 bits per heavy atom. The number of aliphatic carboxylic acids is 1. The average molecular weight is 300 g/mol. The highest BCUT2D eigenvalue weighted by Gasteiger charge is 2.34. The van der Waals surface area contributed by atoms with Crippen LogP contribution in [0.5, 0.6) is 0 Å². The number of carbonyl (C=O) groups excluding carboxylic acids is 1. The van der Waals surface area contributed by atoms with E-state index in [9.17, 15) is 14.7 Å². The standard InChI is InChI=1S/C17H20N2O3/c1-9-6-7-14-12(10(9)2)8-15(18-14)16(20)19-13-5-3-4-11(13)17(21)22/h6-8,11,13,18H,3-5H2,1-2H3,(H,19,20)(H,21,22)/t11-,13+/m0/s1. The van der Waals surface area contributed by atoms with Gasteiger partial charge in [-0.2, -0.15) is 0 Å². The lowest BCUT2D eigenvalue weighted by molar-refractivity contribution is -0.142. The van der Waals surface area contributed by atoms with Crippen LogP contribution in [0.25, 0.3) is 10.9 Å². The number of nitrogens with one attached hydrogen (secondary N) is 2. The number of H-pyrrole nitrogens is 1. The van der Waals surface area contributed by atoms with E-state index in [1.807, 2.05) is 32.0 Å². The maximum Gasteiger partial charge on any atom is 0.308 e. The smallest absolute Gasteiger partial charge is 0.308 e. The molecule has 1 aliphatic carbocycles. The van der Waals surface area contributed by atoms with Crippen molar-refractivity contribution in [1.82, 2.24) is 10.3 Å². The maximum atomic E-state index is 12.4. The molecule has 0 radical (unpaired) electrons. The van der Waals surface area contributed by atoms with Crippen LogP contribution in [0.15, 0.2) is 18.2 Å².